The Labute approximate surface area is 224 Å². The van der Waals surface area contributed by atoms with Crippen LogP contribution < -0.4 is 0 Å². The lowest BCUT2D eigenvalue weighted by atomic mass is 9.55. The number of hydrazone groups is 1. The van der Waals surface area contributed by atoms with E-state index in [0.29, 0.717) is 10.0 Å². The van der Waals surface area contributed by atoms with Crippen LogP contribution in [-0.4, -0.2) is 28.0 Å². The Morgan fingerprint density at radius 3 is 1.92 bits per heavy atom. The largest absolute Gasteiger partial charge is 0.455 e. The van der Waals surface area contributed by atoms with Gasteiger partial charge in [0.2, 0.25) is 0 Å². The maximum Gasteiger partial charge on any atom is 0.281 e. The highest BCUT2D eigenvalue weighted by atomic mass is 79.9. The number of hydrogen-bond acceptors (Lipinski definition) is 6. The van der Waals surface area contributed by atoms with Crippen LogP contribution in [0.1, 0.15) is 39.8 Å². The molecule has 8 rings (SSSR count). The minimum atomic E-state index is -0.521. The summed E-state index contributed by atoms with van der Waals surface area (Å²) in [5.41, 5.74) is 4.57. The molecule has 8 nitrogen and oxygen atoms in total. The van der Waals surface area contributed by atoms with Crippen LogP contribution in [0.2, 0.25) is 0 Å². The topological polar surface area (TPSA) is 106 Å². The number of furan rings is 1. The van der Waals surface area contributed by atoms with E-state index in [1.807, 2.05) is 24.3 Å². The van der Waals surface area contributed by atoms with Crippen LogP contribution >= 0.6 is 15.9 Å². The van der Waals surface area contributed by atoms with E-state index in [2.05, 4.69) is 45.3 Å². The fourth-order valence-electron chi connectivity index (χ4n) is 6.32. The Hall–Kier alpha value is -4.37. The van der Waals surface area contributed by atoms with E-state index in [1.54, 1.807) is 24.3 Å². The smallest absolute Gasteiger partial charge is 0.281 e. The zero-order chi connectivity index (χ0) is 26.1. The summed E-state index contributed by atoms with van der Waals surface area (Å²) in [5, 5.41) is 16.7. The molecule has 0 spiro atoms. The van der Waals surface area contributed by atoms with Crippen LogP contribution in [0.15, 0.2) is 92.9 Å². The Morgan fingerprint density at radius 2 is 1.39 bits per heavy atom. The highest BCUT2D eigenvalue weighted by molar-refractivity contribution is 9.10. The van der Waals surface area contributed by atoms with E-state index in [4.69, 9.17) is 4.42 Å². The molecule has 0 radical (unpaired) electrons. The van der Waals surface area contributed by atoms with E-state index < -0.39 is 16.8 Å². The van der Waals surface area contributed by atoms with Crippen molar-refractivity contribution in [2.45, 2.75) is 11.8 Å². The summed E-state index contributed by atoms with van der Waals surface area (Å²) < 4.78 is 6.36. The number of halogens is 1. The number of amides is 2. The minimum Gasteiger partial charge on any atom is -0.455 e. The fraction of sp³-hybridized carbons (Fsp3) is 0.138. The molecule has 1 saturated heterocycles. The number of carbonyl (C=O) groups is 2. The Kier molecular flexibility index (Phi) is 4.99. The van der Waals surface area contributed by atoms with Crippen molar-refractivity contribution in [1.82, 2.24) is 5.01 Å². The molecule has 2 amide bonds. The first-order valence-corrected chi connectivity index (χ1v) is 12.9. The molecule has 4 aliphatic rings. The number of nitro groups is 1. The SMILES string of the molecule is O=C1[C@H]2C3c4ccccc4C(c4ccccc43)[C@@H]2C(=O)N1/N=C\c1ccc(-c2ccc(Br)cc2[N+](=O)[O-])o1. The number of nitro benzene ring substituents is 1. The van der Waals surface area contributed by atoms with E-state index in [9.17, 15) is 19.7 Å². The predicted molar refractivity (Wildman–Crippen MR) is 141 cm³/mol. The molecule has 38 heavy (non-hydrogen) atoms. The standard InChI is InChI=1S/C29H18BrN3O5/c30-15-9-11-21(22(13-15)33(36)37)23-12-10-16(38-23)14-31-32-28(34)26-24-17-5-1-2-6-18(17)25(27(26)29(32)35)20-8-4-3-7-19(20)24/h1-14,24-27H/b31-14-/t24?,25?,26-,27-/m0/s1. The van der Waals surface area contributed by atoms with Crippen molar-refractivity contribution in [2.75, 3.05) is 0 Å². The molecule has 4 aromatic rings. The summed E-state index contributed by atoms with van der Waals surface area (Å²) in [4.78, 5) is 38.3. The molecule has 2 heterocycles. The highest BCUT2D eigenvalue weighted by Crippen LogP contribution is 2.60. The molecule has 1 aromatic heterocycles. The molecule has 1 aliphatic heterocycles. The van der Waals surface area contributed by atoms with E-state index >= 15 is 0 Å². The molecule has 0 unspecified atom stereocenters. The van der Waals surface area contributed by atoms with Crippen molar-refractivity contribution in [1.29, 1.82) is 0 Å². The molecule has 0 saturated carbocycles. The first kappa shape index (κ1) is 22.8. The van der Waals surface area contributed by atoms with Gasteiger partial charge in [-0.2, -0.15) is 10.1 Å². The molecule has 2 bridgehead atoms. The van der Waals surface area contributed by atoms with Gasteiger partial charge in [-0.1, -0.05) is 64.5 Å². The summed E-state index contributed by atoms with van der Waals surface area (Å²) in [6, 6.07) is 24.0. The zero-order valence-electron chi connectivity index (χ0n) is 19.7. The average molecular weight is 568 g/mol. The van der Waals surface area contributed by atoms with Gasteiger partial charge in [-0.25, -0.2) is 0 Å². The maximum atomic E-state index is 13.6. The molecule has 0 N–H and O–H groups in total. The second-order valence-corrected chi connectivity index (χ2v) is 10.5. The summed E-state index contributed by atoms with van der Waals surface area (Å²) in [5.74, 6) is -1.57. The van der Waals surface area contributed by atoms with Crippen molar-refractivity contribution >= 4 is 39.6 Å². The maximum absolute atomic E-state index is 13.6. The third kappa shape index (κ3) is 3.18. The Bertz CT molecular complexity index is 1590. The third-order valence-electron chi connectivity index (χ3n) is 7.77. The zero-order valence-corrected chi connectivity index (χ0v) is 21.2. The van der Waals surface area contributed by atoms with Crippen LogP contribution in [0.3, 0.4) is 0 Å². The van der Waals surface area contributed by atoms with Gasteiger partial charge in [0.25, 0.3) is 17.5 Å². The summed E-state index contributed by atoms with van der Waals surface area (Å²) in [7, 11) is 0. The van der Waals surface area contributed by atoms with Gasteiger partial charge in [0, 0.05) is 22.4 Å². The first-order valence-electron chi connectivity index (χ1n) is 12.1. The van der Waals surface area contributed by atoms with Crippen molar-refractivity contribution in [3.63, 3.8) is 0 Å². The molecule has 3 aliphatic carbocycles. The number of rotatable bonds is 4. The predicted octanol–water partition coefficient (Wildman–Crippen LogP) is 5.84. The highest BCUT2D eigenvalue weighted by Gasteiger charge is 2.61. The lowest BCUT2D eigenvalue weighted by molar-refractivity contribution is -0.384. The van der Waals surface area contributed by atoms with Gasteiger partial charge in [0.15, 0.2) is 0 Å². The van der Waals surface area contributed by atoms with Gasteiger partial charge < -0.3 is 4.42 Å². The average Bonchev–Trinajstić information content (AvgIpc) is 3.50. The van der Waals surface area contributed by atoms with Crippen LogP contribution in [0, 0.1) is 22.0 Å². The van der Waals surface area contributed by atoms with Crippen LogP contribution in [0.5, 0.6) is 0 Å². The van der Waals surface area contributed by atoms with Gasteiger partial charge in [-0.05, 0) is 46.5 Å². The van der Waals surface area contributed by atoms with Crippen molar-refractivity contribution < 1.29 is 18.9 Å². The van der Waals surface area contributed by atoms with Crippen LogP contribution in [0.4, 0.5) is 5.69 Å². The lowest BCUT2D eigenvalue weighted by Crippen LogP contribution is -2.41. The quantitative estimate of drug-likeness (QED) is 0.133. The second-order valence-electron chi connectivity index (χ2n) is 9.62. The third-order valence-corrected chi connectivity index (χ3v) is 8.27. The fourth-order valence-corrected chi connectivity index (χ4v) is 6.67. The first-order chi connectivity index (χ1) is 18.4. The number of benzene rings is 3. The van der Waals surface area contributed by atoms with E-state index in [-0.39, 0.29) is 40.9 Å². The molecule has 9 heteroatoms. The monoisotopic (exact) mass is 567 g/mol. The Morgan fingerprint density at radius 1 is 0.842 bits per heavy atom. The molecule has 186 valence electrons. The van der Waals surface area contributed by atoms with Crippen molar-refractivity contribution in [2.24, 2.45) is 16.9 Å². The normalized spacial score (nSPS) is 23.0. The van der Waals surface area contributed by atoms with Crippen LogP contribution in [0.25, 0.3) is 11.3 Å². The minimum absolute atomic E-state index is 0.110. The van der Waals surface area contributed by atoms with Gasteiger partial charge in [0.1, 0.15) is 11.5 Å². The summed E-state index contributed by atoms with van der Waals surface area (Å²) >= 11 is 3.25. The second kappa shape index (κ2) is 8.32. The van der Waals surface area contributed by atoms with Gasteiger partial charge >= 0.3 is 0 Å². The molecule has 3 aromatic carbocycles. The van der Waals surface area contributed by atoms with Gasteiger partial charge in [0.05, 0.1) is 28.5 Å². The van der Waals surface area contributed by atoms with Crippen LogP contribution in [-0.2, 0) is 9.59 Å². The van der Waals surface area contributed by atoms with Crippen molar-refractivity contribution in [3.05, 3.63) is 121 Å². The molecule has 1 fully saturated rings. The van der Waals surface area contributed by atoms with E-state index in [1.165, 1.54) is 12.3 Å². The number of imide groups is 1. The number of nitrogens with zero attached hydrogens (tertiary/aromatic N) is 3. The number of hydrogen-bond donors (Lipinski definition) is 0. The molecule has 2 atom stereocenters. The molecular weight excluding hydrogens is 550 g/mol. The molecular formula is C29H18BrN3O5. The van der Waals surface area contributed by atoms with E-state index in [0.717, 1.165) is 27.3 Å². The van der Waals surface area contributed by atoms with Gasteiger partial charge in [-0.15, -0.1) is 0 Å². The van der Waals surface area contributed by atoms with Gasteiger partial charge in [-0.3, -0.25) is 19.7 Å². The van der Waals surface area contributed by atoms with Crippen molar-refractivity contribution in [3.8, 4) is 11.3 Å². The lowest BCUT2D eigenvalue weighted by Gasteiger charge is -2.45. The Balaban J connectivity index is 1.22. The summed E-state index contributed by atoms with van der Waals surface area (Å²) in [6.45, 7) is 0. The number of carbonyl (C=O) groups excluding carboxylic acids is 2. The summed E-state index contributed by atoms with van der Waals surface area (Å²) in [6.07, 6.45) is 1.31.